The Morgan fingerprint density at radius 1 is 0.938 bits per heavy atom. The highest BCUT2D eigenvalue weighted by atomic mass is 16.6. The zero-order valence-corrected chi connectivity index (χ0v) is 17.2. The lowest BCUT2D eigenvalue weighted by Crippen LogP contribution is -2.45. The zero-order chi connectivity index (χ0) is 22.7. The van der Waals surface area contributed by atoms with Gasteiger partial charge in [0.2, 0.25) is 0 Å². The smallest absolute Gasteiger partial charge is 0.319 e. The molecule has 0 aliphatic carbocycles. The number of amides is 3. The van der Waals surface area contributed by atoms with Crippen molar-refractivity contribution < 1.29 is 14.5 Å². The van der Waals surface area contributed by atoms with Gasteiger partial charge in [0.15, 0.2) is 0 Å². The molecule has 160 valence electrons. The predicted octanol–water partition coefficient (Wildman–Crippen LogP) is 4.53. The van der Waals surface area contributed by atoms with E-state index < -0.39 is 22.9 Å². The molecule has 0 radical (unpaired) electrons. The molecule has 0 saturated heterocycles. The molecule has 0 aromatic heterocycles. The highest BCUT2D eigenvalue weighted by molar-refractivity contribution is 6.06. The predicted molar refractivity (Wildman–Crippen MR) is 121 cm³/mol. The van der Waals surface area contributed by atoms with E-state index in [1.54, 1.807) is 6.92 Å². The van der Waals surface area contributed by atoms with Crippen LogP contribution >= 0.6 is 0 Å². The molecule has 0 bridgehead atoms. The third-order valence-electron chi connectivity index (χ3n) is 5.20. The molecular formula is C24H20N4O4. The van der Waals surface area contributed by atoms with E-state index in [2.05, 4.69) is 16.0 Å². The Balaban J connectivity index is 1.60. The Hall–Kier alpha value is -4.46. The van der Waals surface area contributed by atoms with Gasteiger partial charge >= 0.3 is 6.03 Å². The van der Waals surface area contributed by atoms with Gasteiger partial charge in [-0.2, -0.15) is 0 Å². The van der Waals surface area contributed by atoms with Crippen LogP contribution in [0.25, 0.3) is 11.1 Å². The van der Waals surface area contributed by atoms with E-state index >= 15 is 0 Å². The number of anilines is 1. The molecule has 4 rings (SSSR count). The lowest BCUT2D eigenvalue weighted by Gasteiger charge is -2.28. The fourth-order valence-corrected chi connectivity index (χ4v) is 3.61. The SMILES string of the molecule is CC1=C(C(=O)Nc2ccc([N+](=O)[O-])cc2)[C@H](c2ccc(-c3ccccc3)cc2)NC(=O)N1. The maximum absolute atomic E-state index is 13.1. The van der Waals surface area contributed by atoms with Gasteiger partial charge in [-0.05, 0) is 35.7 Å². The number of hydrogen-bond acceptors (Lipinski definition) is 4. The second-order valence-corrected chi connectivity index (χ2v) is 7.32. The molecule has 1 aliphatic rings. The molecule has 1 aliphatic heterocycles. The van der Waals surface area contributed by atoms with Crippen molar-refractivity contribution in [3.63, 3.8) is 0 Å². The molecular weight excluding hydrogens is 408 g/mol. The summed E-state index contributed by atoms with van der Waals surface area (Å²) in [5, 5.41) is 19.0. The monoisotopic (exact) mass is 428 g/mol. The van der Waals surface area contributed by atoms with Crippen molar-refractivity contribution in [1.29, 1.82) is 0 Å². The van der Waals surface area contributed by atoms with E-state index in [0.717, 1.165) is 16.7 Å². The molecule has 0 saturated carbocycles. The molecule has 8 nitrogen and oxygen atoms in total. The molecule has 3 N–H and O–H groups in total. The summed E-state index contributed by atoms with van der Waals surface area (Å²) in [4.78, 5) is 35.5. The molecule has 1 atom stereocenters. The topological polar surface area (TPSA) is 113 Å². The standard InChI is InChI=1S/C24H20N4O4/c1-15-21(23(29)26-19-11-13-20(14-12-19)28(31)32)22(27-24(30)25-15)18-9-7-17(8-10-18)16-5-3-2-4-6-16/h2-14,22H,1H3,(H,26,29)(H2,25,27,30)/t22-/m0/s1. The summed E-state index contributed by atoms with van der Waals surface area (Å²) < 4.78 is 0. The van der Waals surface area contributed by atoms with Crippen molar-refractivity contribution in [2.45, 2.75) is 13.0 Å². The number of carbonyl (C=O) groups excluding carboxylic acids is 2. The molecule has 1 heterocycles. The highest BCUT2D eigenvalue weighted by Gasteiger charge is 2.31. The second-order valence-electron chi connectivity index (χ2n) is 7.32. The Labute approximate surface area is 184 Å². The van der Waals surface area contributed by atoms with Gasteiger partial charge in [-0.25, -0.2) is 4.79 Å². The molecule has 0 unspecified atom stereocenters. The van der Waals surface area contributed by atoms with E-state index in [1.165, 1.54) is 24.3 Å². The minimum absolute atomic E-state index is 0.0682. The fourth-order valence-electron chi connectivity index (χ4n) is 3.61. The Bertz CT molecular complexity index is 1200. The normalized spacial score (nSPS) is 15.5. The van der Waals surface area contributed by atoms with Crippen LogP contribution in [0.4, 0.5) is 16.2 Å². The van der Waals surface area contributed by atoms with Gasteiger partial charge in [-0.15, -0.1) is 0 Å². The molecule has 32 heavy (non-hydrogen) atoms. The summed E-state index contributed by atoms with van der Waals surface area (Å²) in [7, 11) is 0. The first-order chi connectivity index (χ1) is 15.4. The number of non-ortho nitro benzene ring substituents is 1. The largest absolute Gasteiger partial charge is 0.327 e. The van der Waals surface area contributed by atoms with Crippen LogP contribution in [0.2, 0.25) is 0 Å². The van der Waals surface area contributed by atoms with Crippen molar-refractivity contribution >= 4 is 23.3 Å². The van der Waals surface area contributed by atoms with E-state index in [9.17, 15) is 19.7 Å². The molecule has 3 amide bonds. The van der Waals surface area contributed by atoms with Crippen LogP contribution < -0.4 is 16.0 Å². The van der Waals surface area contributed by atoms with Crippen LogP contribution in [0, 0.1) is 10.1 Å². The van der Waals surface area contributed by atoms with Crippen LogP contribution in [-0.2, 0) is 4.79 Å². The molecule has 0 fully saturated rings. The number of allylic oxidation sites excluding steroid dienone is 1. The van der Waals surface area contributed by atoms with Crippen LogP contribution in [-0.4, -0.2) is 16.9 Å². The van der Waals surface area contributed by atoms with Crippen LogP contribution in [0.15, 0.2) is 90.1 Å². The number of hydrogen-bond donors (Lipinski definition) is 3. The Morgan fingerprint density at radius 2 is 1.56 bits per heavy atom. The first-order valence-electron chi connectivity index (χ1n) is 9.92. The highest BCUT2D eigenvalue weighted by Crippen LogP contribution is 2.30. The van der Waals surface area contributed by atoms with Crippen molar-refractivity contribution in [2.24, 2.45) is 0 Å². The average Bonchev–Trinajstić information content (AvgIpc) is 2.79. The maximum Gasteiger partial charge on any atom is 0.319 e. The average molecular weight is 428 g/mol. The van der Waals surface area contributed by atoms with Gasteiger partial charge in [-0.1, -0.05) is 54.6 Å². The number of nitrogens with zero attached hydrogens (tertiary/aromatic N) is 1. The minimum atomic E-state index is -0.647. The van der Waals surface area contributed by atoms with E-state index in [1.807, 2.05) is 54.6 Å². The van der Waals surface area contributed by atoms with Crippen molar-refractivity contribution in [1.82, 2.24) is 10.6 Å². The number of carbonyl (C=O) groups is 2. The van der Waals surface area contributed by atoms with Gasteiger partial charge in [0.25, 0.3) is 11.6 Å². The summed E-state index contributed by atoms with van der Waals surface area (Å²) in [5.74, 6) is -0.416. The van der Waals surface area contributed by atoms with Gasteiger partial charge in [0.05, 0.1) is 16.5 Å². The number of rotatable bonds is 5. The Kier molecular flexibility index (Phi) is 5.67. The van der Waals surface area contributed by atoms with E-state index in [-0.39, 0.29) is 5.69 Å². The third kappa shape index (κ3) is 4.34. The van der Waals surface area contributed by atoms with Crippen LogP contribution in [0.3, 0.4) is 0 Å². The fraction of sp³-hybridized carbons (Fsp3) is 0.0833. The summed E-state index contributed by atoms with van der Waals surface area (Å²) in [6.07, 6.45) is 0. The lowest BCUT2D eigenvalue weighted by molar-refractivity contribution is -0.384. The summed E-state index contributed by atoms with van der Waals surface area (Å²) >= 11 is 0. The number of urea groups is 1. The van der Waals surface area contributed by atoms with Gasteiger partial charge in [0.1, 0.15) is 0 Å². The Morgan fingerprint density at radius 3 is 2.19 bits per heavy atom. The number of nitrogens with one attached hydrogen (secondary N) is 3. The van der Waals surface area contributed by atoms with Gasteiger partial charge in [-0.3, -0.25) is 14.9 Å². The quantitative estimate of drug-likeness (QED) is 0.409. The molecule has 3 aromatic carbocycles. The zero-order valence-electron chi connectivity index (χ0n) is 17.2. The van der Waals surface area contributed by atoms with E-state index in [4.69, 9.17) is 0 Å². The number of benzene rings is 3. The summed E-state index contributed by atoms with van der Waals surface area (Å²) in [5.41, 5.74) is 3.98. The van der Waals surface area contributed by atoms with Crippen molar-refractivity contribution in [3.8, 4) is 11.1 Å². The minimum Gasteiger partial charge on any atom is -0.327 e. The second kappa shape index (κ2) is 8.73. The first kappa shape index (κ1) is 20.8. The van der Waals surface area contributed by atoms with Gasteiger partial charge in [0, 0.05) is 23.5 Å². The number of nitro benzene ring substituents is 1. The first-order valence-corrected chi connectivity index (χ1v) is 9.92. The molecule has 3 aromatic rings. The summed E-state index contributed by atoms with van der Waals surface area (Å²) in [6.45, 7) is 1.66. The van der Waals surface area contributed by atoms with Crippen LogP contribution in [0.5, 0.6) is 0 Å². The van der Waals surface area contributed by atoms with Gasteiger partial charge < -0.3 is 16.0 Å². The van der Waals surface area contributed by atoms with E-state index in [0.29, 0.717) is 17.0 Å². The molecule has 0 spiro atoms. The number of nitro groups is 1. The summed E-state index contributed by atoms with van der Waals surface area (Å²) in [6, 6.07) is 22.1. The molecule has 8 heteroatoms. The van der Waals surface area contributed by atoms with Crippen molar-refractivity contribution in [3.05, 3.63) is 106 Å². The lowest BCUT2D eigenvalue weighted by atomic mass is 9.93. The maximum atomic E-state index is 13.1. The van der Waals surface area contributed by atoms with Crippen LogP contribution in [0.1, 0.15) is 18.5 Å². The third-order valence-corrected chi connectivity index (χ3v) is 5.20. The van der Waals surface area contributed by atoms with Crippen molar-refractivity contribution in [2.75, 3.05) is 5.32 Å².